The molecule has 1 aromatic heterocycles. The number of nitrogens with two attached hydrogens (primary N) is 2. The molecule has 0 bridgehead atoms. The molecule has 0 aromatic carbocycles. The molecule has 1 rings (SSSR count). The summed E-state index contributed by atoms with van der Waals surface area (Å²) in [7, 11) is 0. The van der Waals surface area contributed by atoms with Crippen molar-refractivity contribution in [2.24, 2.45) is 5.92 Å². The van der Waals surface area contributed by atoms with Crippen LogP contribution >= 0.6 is 0 Å². The van der Waals surface area contributed by atoms with Crippen LogP contribution in [0.3, 0.4) is 0 Å². The fourth-order valence-electron chi connectivity index (χ4n) is 0.953. The van der Waals surface area contributed by atoms with E-state index in [4.69, 9.17) is 11.6 Å². The molecule has 0 atom stereocenters. The molecule has 0 aliphatic heterocycles. The third kappa shape index (κ3) is 1.63. The molecule has 0 aliphatic rings. The first-order valence-electron chi connectivity index (χ1n) is 3.68. The maximum atomic E-state index is 5.63. The molecular formula is C7H14N4. The standard InChI is InChI=1S/C7H14N4/c1-5(2)3-6-7(8)11(9)4-10-6/h4-5H,3,8-9H2,1-2H3. The first-order valence-corrected chi connectivity index (χ1v) is 3.68. The van der Waals surface area contributed by atoms with Gasteiger partial charge in [0.2, 0.25) is 0 Å². The Kier molecular flexibility index (Phi) is 2.03. The number of nitrogen functional groups attached to an aromatic ring is 2. The van der Waals surface area contributed by atoms with Crippen molar-refractivity contribution in [2.75, 3.05) is 11.6 Å². The Labute approximate surface area is 66.2 Å². The van der Waals surface area contributed by atoms with E-state index in [1.165, 1.54) is 11.0 Å². The number of imidazole rings is 1. The van der Waals surface area contributed by atoms with E-state index >= 15 is 0 Å². The number of rotatable bonds is 2. The van der Waals surface area contributed by atoms with Crippen LogP contribution < -0.4 is 11.6 Å². The van der Waals surface area contributed by atoms with Gasteiger partial charge in [0, 0.05) is 0 Å². The van der Waals surface area contributed by atoms with Crippen LogP contribution in [0, 0.1) is 5.92 Å². The minimum Gasteiger partial charge on any atom is -0.382 e. The van der Waals surface area contributed by atoms with Crippen LogP contribution in [0.1, 0.15) is 19.5 Å². The van der Waals surface area contributed by atoms with Gasteiger partial charge in [0.15, 0.2) is 0 Å². The van der Waals surface area contributed by atoms with Gasteiger partial charge < -0.3 is 11.6 Å². The van der Waals surface area contributed by atoms with Gasteiger partial charge in [0.05, 0.1) is 5.69 Å². The summed E-state index contributed by atoms with van der Waals surface area (Å²) >= 11 is 0. The largest absolute Gasteiger partial charge is 0.382 e. The molecule has 0 saturated carbocycles. The zero-order valence-corrected chi connectivity index (χ0v) is 6.91. The Morgan fingerprint density at radius 1 is 1.64 bits per heavy atom. The summed E-state index contributed by atoms with van der Waals surface area (Å²) in [6.45, 7) is 4.24. The molecule has 0 spiro atoms. The quantitative estimate of drug-likeness (QED) is 0.605. The van der Waals surface area contributed by atoms with Crippen molar-refractivity contribution in [3.63, 3.8) is 0 Å². The highest BCUT2D eigenvalue weighted by atomic mass is 15.3. The Balaban J connectivity index is 2.79. The van der Waals surface area contributed by atoms with Gasteiger partial charge in [0.25, 0.3) is 0 Å². The third-order valence-corrected chi connectivity index (χ3v) is 1.51. The lowest BCUT2D eigenvalue weighted by Gasteiger charge is -2.01. The molecule has 11 heavy (non-hydrogen) atoms. The van der Waals surface area contributed by atoms with Crippen LogP contribution in [-0.2, 0) is 6.42 Å². The van der Waals surface area contributed by atoms with Gasteiger partial charge in [0.1, 0.15) is 12.1 Å². The van der Waals surface area contributed by atoms with Crippen molar-refractivity contribution in [1.29, 1.82) is 0 Å². The fourth-order valence-corrected chi connectivity index (χ4v) is 0.953. The lowest BCUT2D eigenvalue weighted by atomic mass is 10.1. The van der Waals surface area contributed by atoms with E-state index in [2.05, 4.69) is 18.8 Å². The zero-order chi connectivity index (χ0) is 8.43. The van der Waals surface area contributed by atoms with E-state index in [1.54, 1.807) is 0 Å². The topological polar surface area (TPSA) is 69.9 Å². The Hall–Kier alpha value is -1.19. The third-order valence-electron chi connectivity index (χ3n) is 1.51. The van der Waals surface area contributed by atoms with Gasteiger partial charge in [-0.3, -0.25) is 0 Å². The maximum absolute atomic E-state index is 5.63. The number of hydrogen-bond donors (Lipinski definition) is 2. The first kappa shape index (κ1) is 7.91. The lowest BCUT2D eigenvalue weighted by molar-refractivity contribution is 0.638. The molecule has 4 N–H and O–H groups in total. The summed E-state index contributed by atoms with van der Waals surface area (Å²) in [6, 6.07) is 0. The van der Waals surface area contributed by atoms with Crippen LogP contribution in [0.25, 0.3) is 0 Å². The number of anilines is 1. The van der Waals surface area contributed by atoms with Gasteiger partial charge in [-0.15, -0.1) is 0 Å². The van der Waals surface area contributed by atoms with Gasteiger partial charge in [-0.05, 0) is 12.3 Å². The van der Waals surface area contributed by atoms with Crippen molar-refractivity contribution >= 4 is 5.82 Å². The Morgan fingerprint density at radius 3 is 2.64 bits per heavy atom. The average molecular weight is 154 g/mol. The van der Waals surface area contributed by atoms with Crippen LogP contribution in [0.4, 0.5) is 5.82 Å². The molecule has 0 unspecified atom stereocenters. The highest BCUT2D eigenvalue weighted by molar-refractivity contribution is 5.35. The molecule has 0 saturated heterocycles. The van der Waals surface area contributed by atoms with Crippen molar-refractivity contribution in [3.05, 3.63) is 12.0 Å². The highest BCUT2D eigenvalue weighted by Crippen LogP contribution is 2.11. The van der Waals surface area contributed by atoms with Crippen molar-refractivity contribution in [3.8, 4) is 0 Å². The number of nitrogens with zero attached hydrogens (tertiary/aromatic N) is 2. The summed E-state index contributed by atoms with van der Waals surface area (Å²) in [4.78, 5) is 4.07. The smallest absolute Gasteiger partial charge is 0.145 e. The van der Waals surface area contributed by atoms with E-state index < -0.39 is 0 Å². The van der Waals surface area contributed by atoms with Crippen LogP contribution in [0.15, 0.2) is 6.33 Å². The second-order valence-corrected chi connectivity index (χ2v) is 3.08. The first-order chi connectivity index (χ1) is 5.11. The Morgan fingerprint density at radius 2 is 2.27 bits per heavy atom. The minimum atomic E-state index is 0.562. The molecule has 1 aromatic rings. The molecule has 4 heteroatoms. The molecular weight excluding hydrogens is 140 g/mol. The maximum Gasteiger partial charge on any atom is 0.145 e. The summed E-state index contributed by atoms with van der Waals surface area (Å²) in [6.07, 6.45) is 2.42. The van der Waals surface area contributed by atoms with E-state index in [1.807, 2.05) is 0 Å². The monoisotopic (exact) mass is 154 g/mol. The number of hydrogen-bond acceptors (Lipinski definition) is 3. The molecule has 4 nitrogen and oxygen atoms in total. The highest BCUT2D eigenvalue weighted by Gasteiger charge is 2.06. The van der Waals surface area contributed by atoms with E-state index in [0.29, 0.717) is 11.7 Å². The second-order valence-electron chi connectivity index (χ2n) is 3.08. The van der Waals surface area contributed by atoms with Gasteiger partial charge in [-0.1, -0.05) is 13.8 Å². The van der Waals surface area contributed by atoms with Gasteiger partial charge in [-0.25, -0.2) is 9.66 Å². The summed E-state index contributed by atoms with van der Waals surface area (Å²) in [5.41, 5.74) is 6.52. The van der Waals surface area contributed by atoms with Crippen molar-refractivity contribution < 1.29 is 0 Å². The molecule has 1 heterocycles. The van der Waals surface area contributed by atoms with Crippen LogP contribution in [0.5, 0.6) is 0 Å². The molecule has 62 valence electrons. The fraction of sp³-hybridized carbons (Fsp3) is 0.571. The molecule has 0 aliphatic carbocycles. The summed E-state index contributed by atoms with van der Waals surface area (Å²) in [5.74, 6) is 6.58. The minimum absolute atomic E-state index is 0.562. The second kappa shape index (κ2) is 2.82. The van der Waals surface area contributed by atoms with Gasteiger partial charge >= 0.3 is 0 Å². The molecule has 0 fully saturated rings. The Bertz CT molecular complexity index is 239. The SMILES string of the molecule is CC(C)Cc1ncn(N)c1N. The van der Waals surface area contributed by atoms with E-state index in [9.17, 15) is 0 Å². The molecule has 0 radical (unpaired) electrons. The summed E-state index contributed by atoms with van der Waals surface area (Å²) in [5, 5.41) is 0. The van der Waals surface area contributed by atoms with Crippen LogP contribution in [0.2, 0.25) is 0 Å². The van der Waals surface area contributed by atoms with Crippen molar-refractivity contribution in [1.82, 2.24) is 9.66 Å². The predicted octanol–water partition coefficient (Wildman–Crippen LogP) is 0.378. The average Bonchev–Trinajstić information content (AvgIpc) is 2.18. The predicted molar refractivity (Wildman–Crippen MR) is 45.3 cm³/mol. The van der Waals surface area contributed by atoms with E-state index in [-0.39, 0.29) is 0 Å². The van der Waals surface area contributed by atoms with Gasteiger partial charge in [-0.2, -0.15) is 0 Å². The molecule has 0 amide bonds. The number of aromatic nitrogens is 2. The van der Waals surface area contributed by atoms with Crippen molar-refractivity contribution in [2.45, 2.75) is 20.3 Å². The normalized spacial score (nSPS) is 10.8. The van der Waals surface area contributed by atoms with E-state index in [0.717, 1.165) is 12.1 Å². The summed E-state index contributed by atoms with van der Waals surface area (Å²) < 4.78 is 1.34. The lowest BCUT2D eigenvalue weighted by Crippen LogP contribution is -2.11. The van der Waals surface area contributed by atoms with Crippen LogP contribution in [-0.4, -0.2) is 9.66 Å². The zero-order valence-electron chi connectivity index (χ0n) is 6.91.